The van der Waals surface area contributed by atoms with Gasteiger partial charge in [-0.2, -0.15) is 0 Å². The summed E-state index contributed by atoms with van der Waals surface area (Å²) >= 11 is 0. The largest absolute Gasteiger partial charge is 0.389 e. The Morgan fingerprint density at radius 1 is 1.18 bits per heavy atom. The molecular weight excluding hydrogens is 360 g/mol. The molecule has 156 valence electrons. The summed E-state index contributed by atoms with van der Waals surface area (Å²) in [5.74, 6) is 0.341. The molecule has 6 heteroatoms. The van der Waals surface area contributed by atoms with Crippen LogP contribution in [-0.2, 0) is 19.1 Å². The minimum absolute atomic E-state index is 0.0496. The van der Waals surface area contributed by atoms with E-state index in [1.807, 2.05) is 0 Å². The van der Waals surface area contributed by atoms with Crippen molar-refractivity contribution in [3.05, 3.63) is 0 Å². The summed E-state index contributed by atoms with van der Waals surface area (Å²) in [6, 6.07) is 0. The Kier molecular flexibility index (Phi) is 4.02. The standard InChI is InChI=1S/C22H32O6/c1-19-7-6-17-21-8-5-13(24)11-20(21,26)9-10-22(17,28-18(21)27-2)16(19)4-3-14(19)15(25)12-23/h14,16-18,23,26H,3-12H2,1-2H3/t14-,16-,17-,18-,19+,20+,21-,22-/m0/s1. The molecule has 0 aromatic heterocycles. The van der Waals surface area contributed by atoms with E-state index < -0.39 is 29.5 Å². The highest BCUT2D eigenvalue weighted by atomic mass is 16.7. The van der Waals surface area contributed by atoms with E-state index in [4.69, 9.17) is 9.47 Å². The van der Waals surface area contributed by atoms with Crippen molar-refractivity contribution in [3.8, 4) is 0 Å². The number of ketones is 2. The molecule has 2 bridgehead atoms. The van der Waals surface area contributed by atoms with Crippen LogP contribution < -0.4 is 0 Å². The Labute approximate surface area is 166 Å². The number of hydrogen-bond acceptors (Lipinski definition) is 6. The van der Waals surface area contributed by atoms with Crippen molar-refractivity contribution < 1.29 is 29.3 Å². The molecule has 0 unspecified atom stereocenters. The van der Waals surface area contributed by atoms with Crippen LogP contribution in [-0.4, -0.2) is 53.0 Å². The average Bonchev–Trinajstić information content (AvgIpc) is 3.13. The van der Waals surface area contributed by atoms with Gasteiger partial charge in [-0.1, -0.05) is 6.92 Å². The lowest BCUT2D eigenvalue weighted by Gasteiger charge is -2.62. The maximum atomic E-state index is 12.5. The predicted molar refractivity (Wildman–Crippen MR) is 99.2 cm³/mol. The van der Waals surface area contributed by atoms with E-state index in [0.717, 1.165) is 25.7 Å². The molecule has 2 N–H and O–H groups in total. The third-order valence-electron chi connectivity index (χ3n) is 9.72. The van der Waals surface area contributed by atoms with Gasteiger partial charge in [0.2, 0.25) is 0 Å². The van der Waals surface area contributed by atoms with Crippen molar-refractivity contribution in [2.75, 3.05) is 13.7 Å². The molecule has 5 aliphatic rings. The lowest BCUT2D eigenvalue weighted by Crippen LogP contribution is -2.67. The van der Waals surface area contributed by atoms with Crippen molar-refractivity contribution in [1.82, 2.24) is 0 Å². The van der Waals surface area contributed by atoms with Crippen molar-refractivity contribution in [1.29, 1.82) is 0 Å². The molecule has 8 atom stereocenters. The summed E-state index contributed by atoms with van der Waals surface area (Å²) in [7, 11) is 1.64. The quantitative estimate of drug-likeness (QED) is 0.763. The second kappa shape index (κ2) is 5.87. The zero-order valence-electron chi connectivity index (χ0n) is 16.9. The molecule has 0 aromatic carbocycles. The van der Waals surface area contributed by atoms with E-state index in [-0.39, 0.29) is 41.2 Å². The summed E-state index contributed by atoms with van der Waals surface area (Å²) in [6.07, 6.45) is 5.54. The highest BCUT2D eigenvalue weighted by Gasteiger charge is 2.79. The minimum Gasteiger partial charge on any atom is -0.389 e. The molecule has 0 aromatic rings. The Hall–Kier alpha value is -0.820. The molecule has 1 spiro atoms. The van der Waals surface area contributed by atoms with Gasteiger partial charge < -0.3 is 19.7 Å². The molecular formula is C22H32O6. The van der Waals surface area contributed by atoms with Gasteiger partial charge in [0.05, 0.1) is 16.6 Å². The van der Waals surface area contributed by atoms with Crippen LogP contribution in [0.15, 0.2) is 0 Å². The highest BCUT2D eigenvalue weighted by Crippen LogP contribution is 2.75. The second-order valence-electron chi connectivity index (χ2n) is 10.3. The highest BCUT2D eigenvalue weighted by molar-refractivity contribution is 5.83. The Morgan fingerprint density at radius 2 is 1.96 bits per heavy atom. The SMILES string of the molecule is CO[C@H]1O[C@]23CC[C@@]4(O)CC(=O)CC[C@]14[C@@H]2CC[C@]1(C)[C@H](C(=O)CO)CC[C@@H]13. The molecule has 0 radical (unpaired) electrons. The molecule has 28 heavy (non-hydrogen) atoms. The zero-order valence-corrected chi connectivity index (χ0v) is 16.9. The molecule has 1 saturated heterocycles. The molecule has 0 amide bonds. The van der Waals surface area contributed by atoms with Gasteiger partial charge in [-0.25, -0.2) is 0 Å². The van der Waals surface area contributed by atoms with Gasteiger partial charge in [0.1, 0.15) is 12.4 Å². The molecule has 5 rings (SSSR count). The Bertz CT molecular complexity index is 722. The first-order valence-electron chi connectivity index (χ1n) is 10.9. The maximum absolute atomic E-state index is 12.5. The average molecular weight is 392 g/mol. The number of hydrogen-bond donors (Lipinski definition) is 2. The van der Waals surface area contributed by atoms with E-state index in [2.05, 4.69) is 6.92 Å². The maximum Gasteiger partial charge on any atom is 0.166 e. The topological polar surface area (TPSA) is 93.1 Å². The molecule has 1 aliphatic heterocycles. The van der Waals surface area contributed by atoms with E-state index >= 15 is 0 Å². The Morgan fingerprint density at radius 3 is 2.68 bits per heavy atom. The summed E-state index contributed by atoms with van der Waals surface area (Å²) in [6.45, 7) is 1.81. The van der Waals surface area contributed by atoms with Crippen molar-refractivity contribution in [2.24, 2.45) is 28.6 Å². The molecule has 1 heterocycles. The first-order chi connectivity index (χ1) is 13.3. The third kappa shape index (κ3) is 1.98. The van der Waals surface area contributed by atoms with Crippen LogP contribution >= 0.6 is 0 Å². The van der Waals surface area contributed by atoms with E-state index in [1.54, 1.807) is 7.11 Å². The summed E-state index contributed by atoms with van der Waals surface area (Å²) in [5.41, 5.74) is -2.17. The zero-order chi connectivity index (χ0) is 19.9. The van der Waals surface area contributed by atoms with Crippen molar-refractivity contribution in [2.45, 2.75) is 82.2 Å². The monoisotopic (exact) mass is 392 g/mol. The van der Waals surface area contributed by atoms with Gasteiger partial charge in [0.15, 0.2) is 12.1 Å². The fraction of sp³-hybridized carbons (Fsp3) is 0.909. The Balaban J connectivity index is 1.60. The van der Waals surface area contributed by atoms with Crippen LogP contribution in [0.2, 0.25) is 0 Å². The number of carbonyl (C=O) groups is 2. The number of aliphatic hydroxyl groups excluding tert-OH is 1. The van der Waals surface area contributed by atoms with Crippen LogP contribution in [0.25, 0.3) is 0 Å². The fourth-order valence-electron chi connectivity index (χ4n) is 8.68. The number of rotatable bonds is 3. The van der Waals surface area contributed by atoms with Gasteiger partial charge in [-0.15, -0.1) is 0 Å². The van der Waals surface area contributed by atoms with Crippen molar-refractivity contribution in [3.63, 3.8) is 0 Å². The van der Waals surface area contributed by atoms with Crippen molar-refractivity contribution >= 4 is 11.6 Å². The van der Waals surface area contributed by atoms with Gasteiger partial charge in [-0.05, 0) is 56.3 Å². The molecule has 4 aliphatic carbocycles. The molecule has 4 saturated carbocycles. The molecule has 5 fully saturated rings. The lowest BCUT2D eigenvalue weighted by molar-refractivity contribution is -0.225. The van der Waals surface area contributed by atoms with Crippen LogP contribution in [0.1, 0.15) is 64.7 Å². The normalized spacial score (nSPS) is 54.8. The fourth-order valence-corrected chi connectivity index (χ4v) is 8.68. The van der Waals surface area contributed by atoms with Crippen LogP contribution in [0.4, 0.5) is 0 Å². The second-order valence-corrected chi connectivity index (χ2v) is 10.3. The number of ether oxygens (including phenoxy) is 2. The van der Waals surface area contributed by atoms with Gasteiger partial charge in [0, 0.05) is 31.8 Å². The minimum atomic E-state index is -1.06. The van der Waals surface area contributed by atoms with Crippen LogP contribution in [0, 0.1) is 28.6 Å². The molecule has 6 nitrogen and oxygen atoms in total. The number of fused-ring (bicyclic) bond motifs is 1. The summed E-state index contributed by atoms with van der Waals surface area (Å²) in [4.78, 5) is 24.7. The van der Waals surface area contributed by atoms with Gasteiger partial charge >= 0.3 is 0 Å². The smallest absolute Gasteiger partial charge is 0.166 e. The number of methoxy groups -OCH3 is 1. The van der Waals surface area contributed by atoms with E-state index in [0.29, 0.717) is 25.7 Å². The number of carbonyl (C=O) groups excluding carboxylic acids is 2. The third-order valence-corrected chi connectivity index (χ3v) is 9.72. The summed E-state index contributed by atoms with van der Waals surface area (Å²) < 4.78 is 12.6. The lowest BCUT2D eigenvalue weighted by atomic mass is 9.42. The van der Waals surface area contributed by atoms with Gasteiger partial charge in [0.25, 0.3) is 0 Å². The first-order valence-corrected chi connectivity index (χ1v) is 10.9. The van der Waals surface area contributed by atoms with E-state index in [9.17, 15) is 19.8 Å². The summed E-state index contributed by atoms with van der Waals surface area (Å²) in [5, 5.41) is 21.2. The number of Topliss-reactive ketones (excluding diaryl/α,β-unsaturated/α-hetero) is 2. The van der Waals surface area contributed by atoms with E-state index in [1.165, 1.54) is 0 Å². The van der Waals surface area contributed by atoms with Gasteiger partial charge in [-0.3, -0.25) is 9.59 Å². The number of aliphatic hydroxyl groups is 2. The first kappa shape index (κ1) is 19.2. The van der Waals surface area contributed by atoms with Crippen LogP contribution in [0.3, 0.4) is 0 Å². The van der Waals surface area contributed by atoms with Crippen LogP contribution in [0.5, 0.6) is 0 Å². The predicted octanol–water partition coefficient (Wildman–Crippen LogP) is 2.00.